The second kappa shape index (κ2) is 9.29. The van der Waals surface area contributed by atoms with Gasteiger partial charge in [0, 0.05) is 18.3 Å². The molecular weight excluding hydrogens is 374 g/mol. The molecule has 1 aliphatic rings. The second-order valence-electron chi connectivity index (χ2n) is 6.74. The molecule has 8 nitrogen and oxygen atoms in total. The van der Waals surface area contributed by atoms with E-state index >= 15 is 0 Å². The van der Waals surface area contributed by atoms with Crippen molar-refractivity contribution >= 4 is 17.6 Å². The number of anilines is 1. The number of likely N-dealkylation sites (N-methyl/N-ethyl adjacent to an activating group) is 1. The highest BCUT2D eigenvalue weighted by Crippen LogP contribution is 2.32. The van der Waals surface area contributed by atoms with Crippen LogP contribution in [0.1, 0.15) is 12.5 Å². The third-order valence-electron chi connectivity index (χ3n) is 4.64. The summed E-state index contributed by atoms with van der Waals surface area (Å²) in [5, 5.41) is 5.01. The SMILES string of the molecule is COc1cccc(CN(C)C(C)C(=O)NC(=O)Nc2ccc3c(c2)OCCO3)c1. The minimum atomic E-state index is -0.603. The predicted octanol–water partition coefficient (Wildman–Crippen LogP) is 2.64. The first-order chi connectivity index (χ1) is 14.0. The van der Waals surface area contributed by atoms with Gasteiger partial charge in [-0.2, -0.15) is 0 Å². The van der Waals surface area contributed by atoms with E-state index in [1.807, 2.05) is 36.2 Å². The number of carbonyl (C=O) groups is 2. The van der Waals surface area contributed by atoms with Crippen molar-refractivity contribution in [1.82, 2.24) is 10.2 Å². The average molecular weight is 399 g/mol. The minimum absolute atomic E-state index is 0.398. The molecule has 2 aromatic rings. The smallest absolute Gasteiger partial charge is 0.325 e. The number of benzene rings is 2. The lowest BCUT2D eigenvalue weighted by atomic mass is 10.2. The molecule has 1 heterocycles. The van der Waals surface area contributed by atoms with Gasteiger partial charge < -0.3 is 19.5 Å². The number of hydrogen-bond acceptors (Lipinski definition) is 6. The van der Waals surface area contributed by atoms with E-state index in [2.05, 4.69) is 10.6 Å². The molecular formula is C21H25N3O5. The monoisotopic (exact) mass is 399 g/mol. The van der Waals surface area contributed by atoms with Gasteiger partial charge in [-0.15, -0.1) is 0 Å². The van der Waals surface area contributed by atoms with Crippen molar-refractivity contribution in [2.75, 3.05) is 32.7 Å². The zero-order valence-corrected chi connectivity index (χ0v) is 16.7. The molecule has 0 fully saturated rings. The number of imide groups is 1. The molecule has 8 heteroatoms. The maximum atomic E-state index is 12.4. The van der Waals surface area contributed by atoms with Crippen LogP contribution in [0.2, 0.25) is 0 Å². The average Bonchev–Trinajstić information content (AvgIpc) is 2.73. The first-order valence-electron chi connectivity index (χ1n) is 9.31. The quantitative estimate of drug-likeness (QED) is 0.776. The number of methoxy groups -OCH3 is 1. The minimum Gasteiger partial charge on any atom is -0.497 e. The van der Waals surface area contributed by atoms with Crippen molar-refractivity contribution < 1.29 is 23.8 Å². The van der Waals surface area contributed by atoms with E-state index in [-0.39, 0.29) is 0 Å². The summed E-state index contributed by atoms with van der Waals surface area (Å²) in [6.07, 6.45) is 0. The standard InChI is InChI=1S/C21H25N3O5/c1-14(24(2)13-15-5-4-6-17(11-15)27-3)20(25)23-21(26)22-16-7-8-18-19(12-16)29-10-9-28-18/h4-8,11-12,14H,9-10,13H2,1-3H3,(H2,22,23,25,26). The van der Waals surface area contributed by atoms with Gasteiger partial charge in [-0.05, 0) is 43.8 Å². The van der Waals surface area contributed by atoms with Gasteiger partial charge in [-0.1, -0.05) is 12.1 Å². The van der Waals surface area contributed by atoms with E-state index in [1.165, 1.54) is 0 Å². The highest BCUT2D eigenvalue weighted by Gasteiger charge is 2.21. The molecule has 0 aromatic heterocycles. The van der Waals surface area contributed by atoms with Gasteiger partial charge >= 0.3 is 6.03 Å². The normalized spacial score (nSPS) is 13.5. The summed E-state index contributed by atoms with van der Waals surface area (Å²) < 4.78 is 16.2. The van der Waals surface area contributed by atoms with Crippen LogP contribution >= 0.6 is 0 Å². The van der Waals surface area contributed by atoms with Crippen molar-refractivity contribution in [3.05, 3.63) is 48.0 Å². The summed E-state index contributed by atoms with van der Waals surface area (Å²) in [5.74, 6) is 1.55. The van der Waals surface area contributed by atoms with Crippen molar-refractivity contribution in [3.8, 4) is 17.2 Å². The van der Waals surface area contributed by atoms with E-state index in [0.717, 1.165) is 11.3 Å². The molecule has 1 aliphatic heterocycles. The Morgan fingerprint density at radius 1 is 1.14 bits per heavy atom. The number of fused-ring (bicyclic) bond motifs is 1. The van der Waals surface area contributed by atoms with Crippen LogP contribution in [0.25, 0.3) is 0 Å². The summed E-state index contributed by atoms with van der Waals surface area (Å²) >= 11 is 0. The predicted molar refractivity (Wildman–Crippen MR) is 109 cm³/mol. The van der Waals surface area contributed by atoms with Gasteiger partial charge in [0.25, 0.3) is 0 Å². The molecule has 0 saturated carbocycles. The van der Waals surface area contributed by atoms with E-state index < -0.39 is 18.0 Å². The number of ether oxygens (including phenoxy) is 3. The number of rotatable bonds is 6. The number of nitrogens with zero attached hydrogens (tertiary/aromatic N) is 1. The van der Waals surface area contributed by atoms with E-state index in [9.17, 15) is 9.59 Å². The number of hydrogen-bond donors (Lipinski definition) is 2. The maximum absolute atomic E-state index is 12.4. The lowest BCUT2D eigenvalue weighted by Gasteiger charge is -2.24. The highest BCUT2D eigenvalue weighted by atomic mass is 16.6. The molecule has 1 unspecified atom stereocenters. The lowest BCUT2D eigenvalue weighted by molar-refractivity contribution is -0.124. The molecule has 154 valence electrons. The largest absolute Gasteiger partial charge is 0.497 e. The summed E-state index contributed by atoms with van der Waals surface area (Å²) in [7, 11) is 3.43. The molecule has 0 aliphatic carbocycles. The van der Waals surface area contributed by atoms with E-state index in [0.29, 0.717) is 36.9 Å². The van der Waals surface area contributed by atoms with Gasteiger partial charge in [-0.25, -0.2) is 4.79 Å². The van der Waals surface area contributed by atoms with Crippen LogP contribution in [0.15, 0.2) is 42.5 Å². The number of carbonyl (C=O) groups excluding carboxylic acids is 2. The summed E-state index contributed by atoms with van der Waals surface area (Å²) in [4.78, 5) is 26.5. The molecule has 0 radical (unpaired) electrons. The summed E-state index contributed by atoms with van der Waals surface area (Å²) in [6, 6.07) is 11.6. The molecule has 0 bridgehead atoms. The molecule has 1 atom stereocenters. The Hall–Kier alpha value is -3.26. The zero-order valence-electron chi connectivity index (χ0n) is 16.7. The van der Waals surface area contributed by atoms with Crippen molar-refractivity contribution in [2.45, 2.75) is 19.5 Å². The van der Waals surface area contributed by atoms with Gasteiger partial charge in [0.1, 0.15) is 19.0 Å². The maximum Gasteiger partial charge on any atom is 0.325 e. The Morgan fingerprint density at radius 2 is 1.90 bits per heavy atom. The van der Waals surface area contributed by atoms with Crippen molar-refractivity contribution in [2.24, 2.45) is 0 Å². The van der Waals surface area contributed by atoms with E-state index in [4.69, 9.17) is 14.2 Å². The topological polar surface area (TPSA) is 89.1 Å². The van der Waals surface area contributed by atoms with Crippen LogP contribution in [-0.4, -0.2) is 50.3 Å². The molecule has 3 amide bonds. The van der Waals surface area contributed by atoms with Gasteiger partial charge in [-0.3, -0.25) is 15.0 Å². The molecule has 29 heavy (non-hydrogen) atoms. The van der Waals surface area contributed by atoms with Gasteiger partial charge in [0.05, 0.1) is 13.2 Å². The van der Waals surface area contributed by atoms with Crippen LogP contribution in [0.4, 0.5) is 10.5 Å². The Labute approximate surface area is 169 Å². The fourth-order valence-electron chi connectivity index (χ4n) is 2.90. The van der Waals surface area contributed by atoms with Crippen LogP contribution < -0.4 is 24.8 Å². The van der Waals surface area contributed by atoms with Crippen LogP contribution in [0.5, 0.6) is 17.2 Å². The first kappa shape index (κ1) is 20.5. The summed E-state index contributed by atoms with van der Waals surface area (Å²) in [5.41, 5.74) is 1.52. The Kier molecular flexibility index (Phi) is 6.56. The molecule has 3 rings (SSSR count). The third kappa shape index (κ3) is 5.39. The molecule has 0 saturated heterocycles. The van der Waals surface area contributed by atoms with Crippen LogP contribution in [0.3, 0.4) is 0 Å². The number of urea groups is 1. The number of amides is 3. The molecule has 2 N–H and O–H groups in total. The second-order valence-corrected chi connectivity index (χ2v) is 6.74. The third-order valence-corrected chi connectivity index (χ3v) is 4.64. The van der Waals surface area contributed by atoms with Crippen molar-refractivity contribution in [1.29, 1.82) is 0 Å². The molecule has 0 spiro atoms. The Balaban J connectivity index is 1.53. The van der Waals surface area contributed by atoms with Crippen LogP contribution in [-0.2, 0) is 11.3 Å². The zero-order chi connectivity index (χ0) is 20.8. The fourth-order valence-corrected chi connectivity index (χ4v) is 2.90. The lowest BCUT2D eigenvalue weighted by Crippen LogP contribution is -2.46. The first-order valence-corrected chi connectivity index (χ1v) is 9.31. The van der Waals surface area contributed by atoms with Crippen LogP contribution in [0, 0.1) is 0 Å². The van der Waals surface area contributed by atoms with Gasteiger partial charge in [0.15, 0.2) is 11.5 Å². The summed E-state index contributed by atoms with van der Waals surface area (Å²) in [6.45, 7) is 3.23. The molecule has 2 aromatic carbocycles. The Bertz CT molecular complexity index is 886. The van der Waals surface area contributed by atoms with E-state index in [1.54, 1.807) is 32.2 Å². The fraction of sp³-hybridized carbons (Fsp3) is 0.333. The highest BCUT2D eigenvalue weighted by molar-refractivity contribution is 6.02. The number of nitrogens with one attached hydrogen (secondary N) is 2. The van der Waals surface area contributed by atoms with Crippen molar-refractivity contribution in [3.63, 3.8) is 0 Å². The Morgan fingerprint density at radius 3 is 2.66 bits per heavy atom. The van der Waals surface area contributed by atoms with Gasteiger partial charge in [0.2, 0.25) is 5.91 Å².